The molecule has 0 saturated carbocycles. The molecule has 0 bridgehead atoms. The van der Waals surface area contributed by atoms with Gasteiger partial charge in [0.05, 0.1) is 6.61 Å². The van der Waals surface area contributed by atoms with Crippen molar-refractivity contribution in [3.05, 3.63) is 23.5 Å². The van der Waals surface area contributed by atoms with Gasteiger partial charge in [0, 0.05) is 13.6 Å². The Morgan fingerprint density at radius 2 is 1.88 bits per heavy atom. The van der Waals surface area contributed by atoms with E-state index < -0.39 is 41.2 Å². The Bertz CT molecular complexity index is 618. The minimum Gasteiger partial charge on any atom is -0.464 e. The summed E-state index contributed by atoms with van der Waals surface area (Å²) < 4.78 is 58.5. The van der Waals surface area contributed by atoms with Crippen molar-refractivity contribution in [3.8, 4) is 0 Å². The zero-order valence-corrected chi connectivity index (χ0v) is 13.7. The molecule has 1 atom stereocenters. The fraction of sp³-hybridized carbons (Fsp3) is 0.500. The summed E-state index contributed by atoms with van der Waals surface area (Å²) in [6, 6.07) is -1.26. The molecule has 11 heteroatoms. The van der Waals surface area contributed by atoms with Gasteiger partial charge in [0.25, 0.3) is 11.9 Å². The van der Waals surface area contributed by atoms with Crippen molar-refractivity contribution < 1.29 is 27.1 Å². The quantitative estimate of drug-likeness (QED) is 0.212. The summed E-state index contributed by atoms with van der Waals surface area (Å²) in [7, 11) is 1.54. The Kier molecular flexibility index (Phi) is 7.40. The standard InChI is InChI=1S/C14H19F4N5O2/c1-3-25-13(24)7(5-4-6-23(2)14(19)20)21-10-8(15)11(17)22-12(18)9(10)16/h7H,3-6H2,1-2H3,(H3,19,20)(H,21,22). The number of nitrogens with two attached hydrogens (primary N) is 1. The third kappa shape index (κ3) is 5.47. The average molecular weight is 365 g/mol. The summed E-state index contributed by atoms with van der Waals surface area (Å²) in [5.74, 6) is -8.19. The number of guanidine groups is 1. The Hall–Kier alpha value is -2.59. The monoisotopic (exact) mass is 365 g/mol. The maximum absolute atomic E-state index is 13.7. The van der Waals surface area contributed by atoms with Crippen molar-refractivity contribution >= 4 is 17.6 Å². The number of anilines is 1. The van der Waals surface area contributed by atoms with Crippen LogP contribution >= 0.6 is 0 Å². The molecule has 0 spiro atoms. The highest BCUT2D eigenvalue weighted by molar-refractivity contribution is 5.79. The fourth-order valence-corrected chi connectivity index (χ4v) is 1.93. The van der Waals surface area contributed by atoms with Crippen LogP contribution in [0.15, 0.2) is 0 Å². The molecule has 1 unspecified atom stereocenters. The minimum absolute atomic E-state index is 0.00833. The second kappa shape index (κ2) is 9.04. The Morgan fingerprint density at radius 1 is 1.32 bits per heavy atom. The molecule has 4 N–H and O–H groups in total. The lowest BCUT2D eigenvalue weighted by Gasteiger charge is -2.21. The molecule has 0 amide bonds. The maximum Gasteiger partial charge on any atom is 0.328 e. The van der Waals surface area contributed by atoms with Gasteiger partial charge in [-0.05, 0) is 19.8 Å². The first-order valence-electron chi connectivity index (χ1n) is 7.37. The van der Waals surface area contributed by atoms with Crippen LogP contribution in [0.25, 0.3) is 0 Å². The van der Waals surface area contributed by atoms with E-state index in [0.717, 1.165) is 0 Å². The van der Waals surface area contributed by atoms with E-state index in [1.807, 2.05) is 0 Å². The van der Waals surface area contributed by atoms with Crippen molar-refractivity contribution in [2.75, 3.05) is 25.5 Å². The summed E-state index contributed by atoms with van der Waals surface area (Å²) in [6.07, 6.45) is 0.298. The number of nitrogens with zero attached hydrogens (tertiary/aromatic N) is 2. The number of rotatable bonds is 8. The SMILES string of the molecule is CCOC(=O)C(CCCN(C)C(=N)N)Nc1c(F)c(F)nc(F)c1F. The van der Waals surface area contributed by atoms with E-state index in [-0.39, 0.29) is 32.0 Å². The average Bonchev–Trinajstić information content (AvgIpc) is 2.55. The van der Waals surface area contributed by atoms with E-state index in [1.165, 1.54) is 11.8 Å². The van der Waals surface area contributed by atoms with Crippen LogP contribution < -0.4 is 11.1 Å². The molecular weight excluding hydrogens is 346 g/mol. The lowest BCUT2D eigenvalue weighted by molar-refractivity contribution is -0.144. The molecule has 140 valence electrons. The molecule has 1 aromatic rings. The van der Waals surface area contributed by atoms with E-state index in [9.17, 15) is 22.4 Å². The number of hydrogen-bond donors (Lipinski definition) is 3. The number of esters is 1. The number of carbonyl (C=O) groups excluding carboxylic acids is 1. The first-order valence-corrected chi connectivity index (χ1v) is 7.37. The predicted molar refractivity (Wildman–Crippen MR) is 81.9 cm³/mol. The maximum atomic E-state index is 13.7. The number of pyridine rings is 1. The molecule has 0 saturated heterocycles. The molecule has 0 aliphatic heterocycles. The lowest BCUT2D eigenvalue weighted by Crippen LogP contribution is -2.36. The number of hydrogen-bond acceptors (Lipinski definition) is 5. The summed E-state index contributed by atoms with van der Waals surface area (Å²) in [4.78, 5) is 15.8. The number of nitrogens with one attached hydrogen (secondary N) is 2. The Balaban J connectivity index is 2.95. The van der Waals surface area contributed by atoms with E-state index >= 15 is 0 Å². The molecule has 7 nitrogen and oxygen atoms in total. The van der Waals surface area contributed by atoms with Crippen LogP contribution in [-0.2, 0) is 9.53 Å². The van der Waals surface area contributed by atoms with Crippen molar-refractivity contribution in [2.24, 2.45) is 5.73 Å². The topological polar surface area (TPSA) is 104 Å². The van der Waals surface area contributed by atoms with Crippen LogP contribution in [0.1, 0.15) is 19.8 Å². The third-order valence-corrected chi connectivity index (χ3v) is 3.28. The summed E-state index contributed by atoms with van der Waals surface area (Å²) >= 11 is 0. The molecule has 1 rings (SSSR count). The largest absolute Gasteiger partial charge is 0.464 e. The van der Waals surface area contributed by atoms with Gasteiger partial charge < -0.3 is 20.7 Å². The van der Waals surface area contributed by atoms with E-state index in [0.29, 0.717) is 0 Å². The normalized spacial score (nSPS) is 11.8. The first-order chi connectivity index (χ1) is 11.7. The molecule has 0 aromatic carbocycles. The lowest BCUT2D eigenvalue weighted by atomic mass is 10.1. The zero-order valence-electron chi connectivity index (χ0n) is 13.7. The molecule has 0 aliphatic rings. The van der Waals surface area contributed by atoms with Gasteiger partial charge in [0.15, 0.2) is 5.96 Å². The van der Waals surface area contributed by atoms with Crippen LogP contribution in [-0.4, -0.2) is 48.1 Å². The molecule has 1 aromatic heterocycles. The van der Waals surface area contributed by atoms with Crippen LogP contribution in [0.5, 0.6) is 0 Å². The van der Waals surface area contributed by atoms with E-state index in [4.69, 9.17) is 15.9 Å². The summed E-state index contributed by atoms with van der Waals surface area (Å²) in [5, 5.41) is 9.36. The van der Waals surface area contributed by atoms with Gasteiger partial charge >= 0.3 is 5.97 Å². The van der Waals surface area contributed by atoms with Crippen LogP contribution in [0, 0.1) is 28.9 Å². The third-order valence-electron chi connectivity index (χ3n) is 3.28. The van der Waals surface area contributed by atoms with Gasteiger partial charge in [-0.25, -0.2) is 4.79 Å². The Morgan fingerprint density at radius 3 is 2.36 bits per heavy atom. The highest BCUT2D eigenvalue weighted by atomic mass is 19.2. The van der Waals surface area contributed by atoms with Gasteiger partial charge in [0.1, 0.15) is 11.7 Å². The highest BCUT2D eigenvalue weighted by Gasteiger charge is 2.27. The van der Waals surface area contributed by atoms with Crippen molar-refractivity contribution in [1.82, 2.24) is 9.88 Å². The number of aromatic nitrogens is 1. The highest BCUT2D eigenvalue weighted by Crippen LogP contribution is 2.23. The first kappa shape index (κ1) is 20.5. The second-order valence-electron chi connectivity index (χ2n) is 5.09. The number of halogens is 4. The fourth-order valence-electron chi connectivity index (χ4n) is 1.93. The zero-order chi connectivity index (χ0) is 19.1. The molecule has 0 aliphatic carbocycles. The number of carbonyl (C=O) groups is 1. The van der Waals surface area contributed by atoms with Gasteiger partial charge in [0.2, 0.25) is 11.6 Å². The van der Waals surface area contributed by atoms with Gasteiger partial charge in [-0.3, -0.25) is 5.41 Å². The predicted octanol–water partition coefficient (Wildman–Crippen LogP) is 1.59. The molecule has 1 heterocycles. The van der Waals surface area contributed by atoms with E-state index in [2.05, 4.69) is 10.3 Å². The van der Waals surface area contributed by atoms with Gasteiger partial charge in [-0.1, -0.05) is 0 Å². The van der Waals surface area contributed by atoms with Crippen LogP contribution in [0.4, 0.5) is 23.2 Å². The van der Waals surface area contributed by atoms with Crippen LogP contribution in [0.2, 0.25) is 0 Å². The van der Waals surface area contributed by atoms with Gasteiger partial charge in [-0.15, -0.1) is 0 Å². The minimum atomic E-state index is -1.83. The van der Waals surface area contributed by atoms with E-state index in [1.54, 1.807) is 7.05 Å². The summed E-state index contributed by atoms with van der Waals surface area (Å²) in [6.45, 7) is 1.82. The molecule has 0 radical (unpaired) electrons. The molecule has 25 heavy (non-hydrogen) atoms. The summed E-state index contributed by atoms with van der Waals surface area (Å²) in [5.41, 5.74) is 4.13. The molecule has 0 fully saturated rings. The van der Waals surface area contributed by atoms with Crippen molar-refractivity contribution in [3.63, 3.8) is 0 Å². The van der Waals surface area contributed by atoms with Gasteiger partial charge in [-0.2, -0.15) is 22.5 Å². The van der Waals surface area contributed by atoms with Crippen molar-refractivity contribution in [1.29, 1.82) is 5.41 Å². The Labute approximate surface area is 141 Å². The van der Waals surface area contributed by atoms with Crippen LogP contribution in [0.3, 0.4) is 0 Å². The number of ether oxygens (including phenoxy) is 1. The smallest absolute Gasteiger partial charge is 0.328 e. The second-order valence-corrected chi connectivity index (χ2v) is 5.09. The van der Waals surface area contributed by atoms with Crippen molar-refractivity contribution in [2.45, 2.75) is 25.8 Å². The molecular formula is C14H19F4N5O2.